The van der Waals surface area contributed by atoms with Gasteiger partial charge in [-0.2, -0.15) is 0 Å². The fraction of sp³-hybridized carbons (Fsp3) is 0.200. The molecule has 1 aromatic heterocycles. The Morgan fingerprint density at radius 2 is 2.36 bits per heavy atom. The fourth-order valence-corrected chi connectivity index (χ4v) is 1.50. The van der Waals surface area contributed by atoms with E-state index in [-0.39, 0.29) is 5.91 Å². The Bertz CT molecular complexity index is 366. The molecule has 4 heteroatoms. The molecule has 0 unspecified atom stereocenters. The van der Waals surface area contributed by atoms with Gasteiger partial charge in [0.1, 0.15) is 0 Å². The third-order valence-corrected chi connectivity index (χ3v) is 2.28. The number of nitrogens with zero attached hydrogens (tertiary/aromatic N) is 1. The average Bonchev–Trinajstić information content (AvgIpc) is 2.52. The maximum absolute atomic E-state index is 11.2. The van der Waals surface area contributed by atoms with E-state index in [1.54, 1.807) is 12.2 Å². The largest absolute Gasteiger partial charge is 0.298 e. The molecular weight excluding hydrogens is 196 g/mol. The maximum atomic E-state index is 11.2. The second-order valence-corrected chi connectivity index (χ2v) is 3.53. The number of carbonyl (C=O) groups is 1. The number of carbonyl (C=O) groups excluding carboxylic acids is 1. The monoisotopic (exact) mass is 208 g/mol. The number of thiazole rings is 1. The number of allylic oxidation sites excluding steroid dienone is 3. The summed E-state index contributed by atoms with van der Waals surface area (Å²) in [5.74, 6) is -0.155. The van der Waals surface area contributed by atoms with Crippen LogP contribution < -0.4 is 5.32 Å². The van der Waals surface area contributed by atoms with Gasteiger partial charge < -0.3 is 0 Å². The van der Waals surface area contributed by atoms with Gasteiger partial charge in [0.2, 0.25) is 5.91 Å². The molecule has 0 saturated carbocycles. The molecule has 0 bridgehead atoms. The van der Waals surface area contributed by atoms with Crippen molar-refractivity contribution >= 4 is 22.4 Å². The van der Waals surface area contributed by atoms with Gasteiger partial charge in [-0.05, 0) is 13.8 Å². The molecule has 0 aliphatic rings. The van der Waals surface area contributed by atoms with Crippen LogP contribution >= 0.6 is 11.3 Å². The molecule has 74 valence electrons. The molecule has 0 spiro atoms. The number of hydrogen-bond acceptors (Lipinski definition) is 3. The fourth-order valence-electron chi connectivity index (χ4n) is 0.813. The Morgan fingerprint density at radius 1 is 1.57 bits per heavy atom. The molecule has 0 atom stereocenters. The third kappa shape index (κ3) is 3.53. The summed E-state index contributed by atoms with van der Waals surface area (Å²) >= 11 is 1.42. The molecule has 0 fully saturated rings. The maximum Gasteiger partial charge on any atom is 0.250 e. The zero-order valence-corrected chi connectivity index (χ0v) is 8.97. The van der Waals surface area contributed by atoms with Gasteiger partial charge in [-0.25, -0.2) is 4.98 Å². The van der Waals surface area contributed by atoms with Gasteiger partial charge in [-0.3, -0.25) is 10.1 Å². The summed E-state index contributed by atoms with van der Waals surface area (Å²) in [5, 5.41) is 5.20. The molecule has 0 saturated heterocycles. The average molecular weight is 208 g/mol. The van der Waals surface area contributed by atoms with Gasteiger partial charge in [-0.15, -0.1) is 11.3 Å². The summed E-state index contributed by atoms with van der Waals surface area (Å²) in [6.45, 7) is 3.79. The van der Waals surface area contributed by atoms with Gasteiger partial charge in [0, 0.05) is 11.5 Å². The van der Waals surface area contributed by atoms with Gasteiger partial charge in [0.15, 0.2) is 5.13 Å². The van der Waals surface area contributed by atoms with Crippen molar-refractivity contribution in [2.45, 2.75) is 13.8 Å². The van der Waals surface area contributed by atoms with Crippen molar-refractivity contribution in [3.8, 4) is 0 Å². The highest BCUT2D eigenvalue weighted by atomic mass is 32.1. The van der Waals surface area contributed by atoms with Crippen molar-refractivity contribution in [2.75, 3.05) is 5.32 Å². The SMILES string of the molecule is C/C=C/C=CC(=O)Nc1nc(C)cs1. The molecule has 0 aliphatic heterocycles. The molecule has 1 amide bonds. The van der Waals surface area contributed by atoms with E-state index in [0.717, 1.165) is 5.69 Å². The van der Waals surface area contributed by atoms with Crippen LogP contribution in [0.5, 0.6) is 0 Å². The van der Waals surface area contributed by atoms with Crippen LogP contribution in [0.1, 0.15) is 12.6 Å². The molecule has 0 aromatic carbocycles. The summed E-state index contributed by atoms with van der Waals surface area (Å²) in [6, 6.07) is 0. The molecule has 1 N–H and O–H groups in total. The van der Waals surface area contributed by atoms with E-state index in [9.17, 15) is 4.79 Å². The smallest absolute Gasteiger partial charge is 0.250 e. The number of aromatic nitrogens is 1. The second kappa shape index (κ2) is 5.34. The Hall–Kier alpha value is -1.42. The molecule has 14 heavy (non-hydrogen) atoms. The quantitative estimate of drug-likeness (QED) is 0.612. The van der Waals surface area contributed by atoms with Gasteiger partial charge >= 0.3 is 0 Å². The lowest BCUT2D eigenvalue weighted by atomic mass is 10.4. The first kappa shape index (κ1) is 10.7. The first-order valence-corrected chi connectivity index (χ1v) is 5.13. The first-order chi connectivity index (χ1) is 6.72. The number of nitrogens with one attached hydrogen (secondary N) is 1. The minimum absolute atomic E-state index is 0.155. The summed E-state index contributed by atoms with van der Waals surface area (Å²) in [4.78, 5) is 15.3. The van der Waals surface area contributed by atoms with Gasteiger partial charge in [0.25, 0.3) is 0 Å². The van der Waals surface area contributed by atoms with E-state index in [4.69, 9.17) is 0 Å². The van der Waals surface area contributed by atoms with Gasteiger partial charge in [0.05, 0.1) is 5.69 Å². The van der Waals surface area contributed by atoms with Crippen molar-refractivity contribution in [2.24, 2.45) is 0 Å². The van der Waals surface area contributed by atoms with Crippen LogP contribution in [0, 0.1) is 6.92 Å². The summed E-state index contributed by atoms with van der Waals surface area (Å²) in [5.41, 5.74) is 0.919. The minimum atomic E-state index is -0.155. The highest BCUT2D eigenvalue weighted by Gasteiger charge is 2.00. The van der Waals surface area contributed by atoms with Crippen molar-refractivity contribution in [3.63, 3.8) is 0 Å². The highest BCUT2D eigenvalue weighted by molar-refractivity contribution is 7.13. The van der Waals surface area contributed by atoms with Crippen LogP contribution in [0.2, 0.25) is 0 Å². The Balaban J connectivity index is 2.49. The molecule has 3 nitrogen and oxygen atoms in total. The van der Waals surface area contributed by atoms with Crippen molar-refractivity contribution in [3.05, 3.63) is 35.4 Å². The number of anilines is 1. The lowest BCUT2D eigenvalue weighted by molar-refractivity contribution is -0.111. The van der Waals surface area contributed by atoms with Crippen LogP contribution in [0.15, 0.2) is 29.7 Å². The predicted octanol–water partition coefficient (Wildman–Crippen LogP) is 2.52. The standard InChI is InChI=1S/C10H12N2OS/c1-3-4-5-6-9(13)12-10-11-8(2)7-14-10/h3-7H,1-2H3,(H,11,12,13)/b4-3+,6-5?. The lowest BCUT2D eigenvalue weighted by Crippen LogP contribution is -2.07. The van der Waals surface area contributed by atoms with Crippen LogP contribution in [-0.2, 0) is 4.79 Å². The topological polar surface area (TPSA) is 42.0 Å². The van der Waals surface area contributed by atoms with Crippen LogP contribution in [0.4, 0.5) is 5.13 Å². The van der Waals surface area contributed by atoms with E-state index < -0.39 is 0 Å². The number of hydrogen-bond donors (Lipinski definition) is 1. The number of amides is 1. The lowest BCUT2D eigenvalue weighted by Gasteiger charge is -1.93. The van der Waals surface area contributed by atoms with Gasteiger partial charge in [-0.1, -0.05) is 18.2 Å². The predicted molar refractivity (Wildman–Crippen MR) is 59.4 cm³/mol. The van der Waals surface area contributed by atoms with E-state index in [1.165, 1.54) is 17.4 Å². The molecule has 1 rings (SSSR count). The van der Waals surface area contributed by atoms with Crippen molar-refractivity contribution < 1.29 is 4.79 Å². The molecule has 0 aliphatic carbocycles. The zero-order chi connectivity index (χ0) is 10.4. The summed E-state index contributed by atoms with van der Waals surface area (Å²) in [6.07, 6.45) is 6.82. The Kier molecular flexibility index (Phi) is 4.07. The first-order valence-electron chi connectivity index (χ1n) is 4.25. The van der Waals surface area contributed by atoms with Crippen LogP contribution in [0.25, 0.3) is 0 Å². The second-order valence-electron chi connectivity index (χ2n) is 2.67. The molecular formula is C10H12N2OS. The highest BCUT2D eigenvalue weighted by Crippen LogP contribution is 2.13. The molecule has 0 radical (unpaired) electrons. The normalized spacial score (nSPS) is 11.3. The van der Waals surface area contributed by atoms with E-state index in [1.807, 2.05) is 25.3 Å². The van der Waals surface area contributed by atoms with Crippen molar-refractivity contribution in [1.29, 1.82) is 0 Å². The third-order valence-electron chi connectivity index (χ3n) is 1.40. The van der Waals surface area contributed by atoms with E-state index in [2.05, 4.69) is 10.3 Å². The van der Waals surface area contributed by atoms with Crippen LogP contribution in [0.3, 0.4) is 0 Å². The number of rotatable bonds is 3. The van der Waals surface area contributed by atoms with E-state index >= 15 is 0 Å². The Labute approximate surface area is 87.2 Å². The summed E-state index contributed by atoms with van der Waals surface area (Å²) < 4.78 is 0. The van der Waals surface area contributed by atoms with Crippen molar-refractivity contribution in [1.82, 2.24) is 4.98 Å². The number of aryl methyl sites for hydroxylation is 1. The summed E-state index contributed by atoms with van der Waals surface area (Å²) in [7, 11) is 0. The van der Waals surface area contributed by atoms with Crippen LogP contribution in [-0.4, -0.2) is 10.9 Å². The minimum Gasteiger partial charge on any atom is -0.298 e. The Morgan fingerprint density at radius 3 is 2.93 bits per heavy atom. The molecule has 1 heterocycles. The molecule has 1 aromatic rings. The zero-order valence-electron chi connectivity index (χ0n) is 8.15. The van der Waals surface area contributed by atoms with E-state index in [0.29, 0.717) is 5.13 Å².